The monoisotopic (exact) mass is 661 g/mol. The van der Waals surface area contributed by atoms with E-state index in [-0.39, 0.29) is 18.9 Å². The van der Waals surface area contributed by atoms with Gasteiger partial charge in [-0.25, -0.2) is 10.4 Å². The molecule has 10 heteroatoms. The summed E-state index contributed by atoms with van der Waals surface area (Å²) in [4.78, 5) is 19.1. The normalized spacial score (nSPS) is 18.1. The quantitative estimate of drug-likeness (QED) is 0.130. The first-order valence-electron chi connectivity index (χ1n) is 13.7. The van der Waals surface area contributed by atoms with Crippen LogP contribution in [0.25, 0.3) is 0 Å². The van der Waals surface area contributed by atoms with Crippen LogP contribution in [0.2, 0.25) is 10.0 Å². The summed E-state index contributed by atoms with van der Waals surface area (Å²) in [6.07, 6.45) is 3.04. The highest BCUT2D eigenvalue weighted by Gasteiger charge is 2.54. The Bertz CT molecular complexity index is 1340. The summed E-state index contributed by atoms with van der Waals surface area (Å²) >= 11 is 16.4. The van der Waals surface area contributed by atoms with Crippen LogP contribution >= 0.6 is 39.1 Å². The molecule has 1 aliphatic heterocycles. The molecule has 1 aliphatic rings. The van der Waals surface area contributed by atoms with Crippen LogP contribution in [-0.2, 0) is 16.0 Å². The van der Waals surface area contributed by atoms with Crippen LogP contribution in [0.5, 0.6) is 5.75 Å². The van der Waals surface area contributed by atoms with Gasteiger partial charge in [0.2, 0.25) is 5.90 Å². The van der Waals surface area contributed by atoms with Gasteiger partial charge in [-0.2, -0.15) is 0 Å². The highest BCUT2D eigenvalue weighted by Crippen LogP contribution is 2.45. The van der Waals surface area contributed by atoms with Gasteiger partial charge in [0, 0.05) is 51.6 Å². The van der Waals surface area contributed by atoms with E-state index in [1.54, 1.807) is 18.2 Å². The van der Waals surface area contributed by atoms with Crippen LogP contribution in [-0.4, -0.2) is 42.2 Å². The number of halogens is 3. The van der Waals surface area contributed by atoms with Crippen molar-refractivity contribution in [1.29, 1.82) is 0 Å². The van der Waals surface area contributed by atoms with E-state index in [1.807, 2.05) is 48.5 Å². The van der Waals surface area contributed by atoms with Crippen molar-refractivity contribution in [3.63, 3.8) is 0 Å². The van der Waals surface area contributed by atoms with E-state index >= 15 is 0 Å². The van der Waals surface area contributed by atoms with E-state index in [4.69, 9.17) is 42.8 Å². The SMILES string of the molecule is CCCCCNNC(=O)[C@@]1(Cc2ccc(Br)cc2)N=C(c2ccc(OCCCO)cc2)O[C@H]1c1ccc(Cl)cc1Cl. The molecule has 7 nitrogen and oxygen atoms in total. The maximum Gasteiger partial charge on any atom is 0.266 e. The van der Waals surface area contributed by atoms with Crippen molar-refractivity contribution in [3.8, 4) is 5.75 Å². The molecule has 2 atom stereocenters. The van der Waals surface area contributed by atoms with E-state index in [0.29, 0.717) is 52.4 Å². The number of rotatable bonds is 14. The van der Waals surface area contributed by atoms with Crippen molar-refractivity contribution in [2.24, 2.45) is 4.99 Å². The second kappa shape index (κ2) is 15.0. The van der Waals surface area contributed by atoms with E-state index < -0.39 is 11.6 Å². The zero-order valence-corrected chi connectivity index (χ0v) is 25.9. The summed E-state index contributed by atoms with van der Waals surface area (Å²) in [5, 5.41) is 9.89. The van der Waals surface area contributed by atoms with Gasteiger partial charge in [-0.05, 0) is 60.5 Å². The first-order chi connectivity index (χ1) is 19.9. The molecule has 0 spiro atoms. The van der Waals surface area contributed by atoms with Gasteiger partial charge >= 0.3 is 0 Å². The molecule has 0 radical (unpaired) electrons. The summed E-state index contributed by atoms with van der Waals surface area (Å²) in [5.74, 6) is 0.654. The zero-order chi connectivity index (χ0) is 29.2. The third-order valence-corrected chi connectivity index (χ3v) is 7.86. The van der Waals surface area contributed by atoms with Gasteiger partial charge in [0.25, 0.3) is 5.91 Å². The van der Waals surface area contributed by atoms with E-state index in [1.165, 1.54) is 0 Å². The molecule has 0 fully saturated rings. The Morgan fingerprint density at radius 2 is 1.83 bits per heavy atom. The van der Waals surface area contributed by atoms with Crippen LogP contribution in [0.3, 0.4) is 0 Å². The van der Waals surface area contributed by atoms with E-state index in [9.17, 15) is 4.79 Å². The molecule has 1 heterocycles. The van der Waals surface area contributed by atoms with Gasteiger partial charge in [0.1, 0.15) is 5.75 Å². The molecule has 1 amide bonds. The smallest absolute Gasteiger partial charge is 0.266 e. The van der Waals surface area contributed by atoms with Crippen molar-refractivity contribution in [3.05, 3.63) is 97.9 Å². The minimum Gasteiger partial charge on any atom is -0.494 e. The summed E-state index contributed by atoms with van der Waals surface area (Å²) in [5.41, 5.74) is 6.81. The third-order valence-electron chi connectivity index (χ3n) is 6.77. The number of aliphatic hydroxyl groups is 1. The number of benzene rings is 3. The lowest BCUT2D eigenvalue weighted by Crippen LogP contribution is -2.54. The Morgan fingerprint density at radius 1 is 1.07 bits per heavy atom. The van der Waals surface area contributed by atoms with Crippen LogP contribution in [0.1, 0.15) is 55.4 Å². The molecule has 0 aliphatic carbocycles. The predicted octanol–water partition coefficient (Wildman–Crippen LogP) is 6.83. The van der Waals surface area contributed by atoms with Crippen LogP contribution in [0.15, 0.2) is 76.2 Å². The second-order valence-corrected chi connectivity index (χ2v) is 11.6. The molecule has 218 valence electrons. The fourth-order valence-corrected chi connectivity index (χ4v) is 5.37. The molecule has 3 N–H and O–H groups in total. The van der Waals surface area contributed by atoms with Gasteiger partial charge in [0.15, 0.2) is 11.6 Å². The topological polar surface area (TPSA) is 92.2 Å². The van der Waals surface area contributed by atoms with Crippen molar-refractivity contribution in [2.45, 2.75) is 50.7 Å². The van der Waals surface area contributed by atoms with Gasteiger partial charge in [-0.15, -0.1) is 0 Å². The molecule has 0 aromatic heterocycles. The second-order valence-electron chi connectivity index (χ2n) is 9.85. The summed E-state index contributed by atoms with van der Waals surface area (Å²) in [7, 11) is 0. The molecule has 4 rings (SSSR count). The Morgan fingerprint density at radius 3 is 2.51 bits per heavy atom. The molecule has 41 heavy (non-hydrogen) atoms. The molecule has 0 bridgehead atoms. The Kier molecular flexibility index (Phi) is 11.5. The van der Waals surface area contributed by atoms with Crippen molar-refractivity contribution >= 4 is 50.9 Å². The van der Waals surface area contributed by atoms with Crippen molar-refractivity contribution in [1.82, 2.24) is 10.9 Å². The molecule has 0 saturated carbocycles. The highest BCUT2D eigenvalue weighted by atomic mass is 79.9. The number of nitrogens with zero attached hydrogens (tertiary/aromatic N) is 1. The standard InChI is InChI=1S/C31H34BrCl2N3O4/c1-2-3-4-16-35-37-30(39)31(20-21-6-10-23(32)11-7-21)28(26-15-12-24(33)19-27(26)34)41-29(36-31)22-8-13-25(14-9-22)40-18-5-17-38/h6-15,19,28,35,38H,2-5,16-18,20H2,1H3,(H,37,39)/t28-,31-/m0/s1. The first-order valence-corrected chi connectivity index (χ1v) is 15.2. The average Bonchev–Trinajstić information content (AvgIpc) is 3.34. The molecule has 0 saturated heterocycles. The number of amides is 1. The maximum atomic E-state index is 14.1. The summed E-state index contributed by atoms with van der Waals surface area (Å²) in [6.45, 7) is 3.24. The highest BCUT2D eigenvalue weighted by molar-refractivity contribution is 9.10. The van der Waals surface area contributed by atoms with Crippen LogP contribution in [0.4, 0.5) is 0 Å². The molecule has 3 aromatic carbocycles. The zero-order valence-electron chi connectivity index (χ0n) is 22.8. The minimum absolute atomic E-state index is 0.0628. The number of carbonyl (C=O) groups excluding carboxylic acids is 1. The van der Waals surface area contributed by atoms with Gasteiger partial charge in [-0.3, -0.25) is 10.2 Å². The Hall–Kier alpha value is -2.62. The number of unbranched alkanes of at least 4 members (excludes halogenated alkanes) is 2. The number of carbonyl (C=O) groups is 1. The van der Waals surface area contributed by atoms with Gasteiger partial charge < -0.3 is 14.6 Å². The van der Waals surface area contributed by atoms with Crippen LogP contribution in [0, 0.1) is 0 Å². The Labute approximate surface area is 259 Å². The third kappa shape index (κ3) is 8.02. The fraction of sp³-hybridized carbons (Fsp3) is 0.355. The van der Waals surface area contributed by atoms with Crippen molar-refractivity contribution in [2.75, 3.05) is 19.8 Å². The lowest BCUT2D eigenvalue weighted by Gasteiger charge is -2.31. The largest absolute Gasteiger partial charge is 0.494 e. The fourth-order valence-electron chi connectivity index (χ4n) is 4.60. The number of aliphatic imine (C=N–C) groups is 1. The maximum absolute atomic E-state index is 14.1. The van der Waals surface area contributed by atoms with Gasteiger partial charge in [0.05, 0.1) is 6.61 Å². The molecule has 0 unspecified atom stereocenters. The first kappa shape index (κ1) is 31.3. The minimum atomic E-state index is -1.38. The lowest BCUT2D eigenvalue weighted by atomic mass is 9.82. The number of aliphatic hydroxyl groups excluding tert-OH is 1. The number of ether oxygens (including phenoxy) is 2. The van der Waals surface area contributed by atoms with Crippen LogP contribution < -0.4 is 15.6 Å². The Balaban J connectivity index is 1.75. The number of hydrogen-bond acceptors (Lipinski definition) is 6. The summed E-state index contributed by atoms with van der Waals surface area (Å²) < 4.78 is 13.1. The van der Waals surface area contributed by atoms with E-state index in [0.717, 1.165) is 29.3 Å². The molecule has 3 aromatic rings. The van der Waals surface area contributed by atoms with E-state index in [2.05, 4.69) is 33.7 Å². The molecular formula is C31H34BrCl2N3O4. The number of hydrazine groups is 1. The predicted molar refractivity (Wildman–Crippen MR) is 167 cm³/mol. The molecular weight excluding hydrogens is 629 g/mol. The average molecular weight is 663 g/mol. The summed E-state index contributed by atoms with van der Waals surface area (Å²) in [6, 6.07) is 20.2. The lowest BCUT2D eigenvalue weighted by molar-refractivity contribution is -0.130. The van der Waals surface area contributed by atoms with Crippen molar-refractivity contribution < 1.29 is 19.4 Å². The van der Waals surface area contributed by atoms with Gasteiger partial charge in [-0.1, -0.05) is 77.1 Å². The number of nitrogens with one attached hydrogen (secondary N) is 2. The number of hydrogen-bond donors (Lipinski definition) is 3.